The molecule has 0 radical (unpaired) electrons. The van der Waals surface area contributed by atoms with Crippen molar-refractivity contribution >= 4 is 22.8 Å². The van der Waals surface area contributed by atoms with Crippen LogP contribution in [0.15, 0.2) is 24.3 Å². The molecule has 19 heavy (non-hydrogen) atoms. The number of nitrogens with one attached hydrogen (secondary N) is 2. The van der Waals surface area contributed by atoms with E-state index in [1.165, 1.54) is 24.3 Å². The van der Waals surface area contributed by atoms with Crippen LogP contribution >= 0.6 is 0 Å². The largest absolute Gasteiger partial charge is 0.480 e. The molecule has 100 valence electrons. The minimum Gasteiger partial charge on any atom is -0.480 e. The van der Waals surface area contributed by atoms with Gasteiger partial charge in [-0.25, -0.2) is 9.18 Å². The van der Waals surface area contributed by atoms with Crippen LogP contribution in [0.4, 0.5) is 4.39 Å². The van der Waals surface area contributed by atoms with Crippen LogP contribution in [0.25, 0.3) is 10.9 Å². The van der Waals surface area contributed by atoms with Gasteiger partial charge in [0.25, 0.3) is 5.91 Å². The Morgan fingerprint density at radius 1 is 1.42 bits per heavy atom. The fraction of sp³-hybridized carbons (Fsp3) is 0.231. The Balaban J connectivity index is 2.24. The Morgan fingerprint density at radius 3 is 2.79 bits per heavy atom. The van der Waals surface area contributed by atoms with E-state index >= 15 is 0 Å². The molecule has 2 aromatic rings. The molecule has 0 aliphatic carbocycles. The molecule has 1 amide bonds. The molecule has 3 N–H and O–H groups in total. The lowest BCUT2D eigenvalue weighted by molar-refractivity contribution is -0.139. The van der Waals surface area contributed by atoms with E-state index in [9.17, 15) is 14.0 Å². The topological polar surface area (TPSA) is 82.2 Å². The van der Waals surface area contributed by atoms with Crippen LogP contribution in [0.3, 0.4) is 0 Å². The fourth-order valence-electron chi connectivity index (χ4n) is 1.80. The number of carboxylic acid groups (broad SMARTS) is 1. The first-order valence-corrected chi connectivity index (χ1v) is 5.83. The summed E-state index contributed by atoms with van der Waals surface area (Å²) < 4.78 is 13.0. The maximum atomic E-state index is 13.0. The van der Waals surface area contributed by atoms with Crippen molar-refractivity contribution in [3.8, 4) is 0 Å². The highest BCUT2D eigenvalue weighted by Crippen LogP contribution is 2.16. The van der Waals surface area contributed by atoms with E-state index in [0.717, 1.165) is 0 Å². The molecule has 6 heteroatoms. The Hall–Kier alpha value is -2.37. The van der Waals surface area contributed by atoms with Gasteiger partial charge in [-0.1, -0.05) is 6.92 Å². The van der Waals surface area contributed by atoms with Crippen molar-refractivity contribution in [2.24, 2.45) is 0 Å². The molecular formula is C13H13FN2O3. The van der Waals surface area contributed by atoms with E-state index in [4.69, 9.17) is 5.11 Å². The van der Waals surface area contributed by atoms with Gasteiger partial charge in [-0.3, -0.25) is 4.79 Å². The number of benzene rings is 1. The first-order valence-electron chi connectivity index (χ1n) is 5.83. The van der Waals surface area contributed by atoms with Gasteiger partial charge in [0, 0.05) is 10.9 Å². The van der Waals surface area contributed by atoms with Gasteiger partial charge in [0.1, 0.15) is 17.6 Å². The molecule has 0 bridgehead atoms. The highest BCUT2D eigenvalue weighted by Gasteiger charge is 2.19. The van der Waals surface area contributed by atoms with E-state index in [-0.39, 0.29) is 12.1 Å². The number of rotatable bonds is 4. The summed E-state index contributed by atoms with van der Waals surface area (Å²) in [6, 6.07) is 4.66. The van der Waals surface area contributed by atoms with Crippen molar-refractivity contribution in [2.45, 2.75) is 19.4 Å². The minimum absolute atomic E-state index is 0.209. The van der Waals surface area contributed by atoms with E-state index < -0.39 is 23.7 Å². The van der Waals surface area contributed by atoms with Crippen molar-refractivity contribution in [2.75, 3.05) is 0 Å². The zero-order chi connectivity index (χ0) is 14.0. The summed E-state index contributed by atoms with van der Waals surface area (Å²) in [6.07, 6.45) is 0.288. The smallest absolute Gasteiger partial charge is 0.326 e. The maximum Gasteiger partial charge on any atom is 0.326 e. The number of halogens is 1. The molecule has 0 fully saturated rings. The fourth-order valence-corrected chi connectivity index (χ4v) is 1.80. The molecule has 1 aromatic heterocycles. The molecule has 5 nitrogen and oxygen atoms in total. The summed E-state index contributed by atoms with van der Waals surface area (Å²) in [5.74, 6) is -2.00. The zero-order valence-corrected chi connectivity index (χ0v) is 10.2. The highest BCUT2D eigenvalue weighted by molar-refractivity contribution is 5.99. The number of amides is 1. The molecule has 1 atom stereocenters. The summed E-state index contributed by atoms with van der Waals surface area (Å²) in [6.45, 7) is 1.67. The average molecular weight is 264 g/mol. The van der Waals surface area contributed by atoms with Gasteiger partial charge in [0.15, 0.2) is 0 Å². The Bertz CT molecular complexity index is 636. The van der Waals surface area contributed by atoms with Gasteiger partial charge in [-0.15, -0.1) is 0 Å². The lowest BCUT2D eigenvalue weighted by atomic mass is 10.2. The SMILES string of the molecule is CCC(NC(=O)c1cc2cc(F)ccc2[nH]1)C(=O)O. The molecule has 0 aliphatic rings. The second kappa shape index (κ2) is 5.09. The molecule has 0 aliphatic heterocycles. The molecule has 0 spiro atoms. The second-order valence-corrected chi connectivity index (χ2v) is 4.19. The minimum atomic E-state index is -1.09. The molecule has 0 saturated carbocycles. The van der Waals surface area contributed by atoms with Crippen molar-refractivity contribution in [1.29, 1.82) is 0 Å². The zero-order valence-electron chi connectivity index (χ0n) is 10.2. The van der Waals surface area contributed by atoms with Crippen LogP contribution in [-0.4, -0.2) is 28.0 Å². The summed E-state index contributed by atoms with van der Waals surface area (Å²) >= 11 is 0. The molecule has 1 heterocycles. The highest BCUT2D eigenvalue weighted by atomic mass is 19.1. The van der Waals surface area contributed by atoms with Crippen molar-refractivity contribution in [1.82, 2.24) is 10.3 Å². The Kier molecular flexibility index (Phi) is 3.50. The third-order valence-electron chi connectivity index (χ3n) is 2.84. The molecule has 0 saturated heterocycles. The summed E-state index contributed by atoms with van der Waals surface area (Å²) in [5, 5.41) is 11.8. The summed E-state index contributed by atoms with van der Waals surface area (Å²) in [4.78, 5) is 25.5. The first-order chi connectivity index (χ1) is 9.01. The standard InChI is InChI=1S/C13H13FN2O3/c1-2-9(13(18)19)16-12(17)11-6-7-5-8(14)3-4-10(7)15-11/h3-6,9,15H,2H2,1H3,(H,16,17)(H,18,19). The van der Waals surface area contributed by atoms with Gasteiger partial charge in [0.2, 0.25) is 0 Å². The number of fused-ring (bicyclic) bond motifs is 1. The number of hydrogen-bond acceptors (Lipinski definition) is 2. The van der Waals surface area contributed by atoms with E-state index in [1.54, 1.807) is 6.92 Å². The third kappa shape index (κ3) is 2.73. The van der Waals surface area contributed by atoms with Gasteiger partial charge in [-0.2, -0.15) is 0 Å². The lowest BCUT2D eigenvalue weighted by Crippen LogP contribution is -2.40. The van der Waals surface area contributed by atoms with Gasteiger partial charge in [0.05, 0.1) is 0 Å². The third-order valence-corrected chi connectivity index (χ3v) is 2.84. The quantitative estimate of drug-likeness (QED) is 0.788. The van der Waals surface area contributed by atoms with Crippen LogP contribution in [0.5, 0.6) is 0 Å². The van der Waals surface area contributed by atoms with E-state index in [2.05, 4.69) is 10.3 Å². The Morgan fingerprint density at radius 2 is 2.16 bits per heavy atom. The van der Waals surface area contributed by atoms with Crippen LogP contribution in [-0.2, 0) is 4.79 Å². The predicted octanol–water partition coefficient (Wildman–Crippen LogP) is 1.90. The first kappa shape index (κ1) is 13.1. The number of carbonyl (C=O) groups excluding carboxylic acids is 1. The lowest BCUT2D eigenvalue weighted by Gasteiger charge is -2.10. The van der Waals surface area contributed by atoms with E-state index in [0.29, 0.717) is 10.9 Å². The molecule has 1 unspecified atom stereocenters. The predicted molar refractivity (Wildman–Crippen MR) is 67.4 cm³/mol. The van der Waals surface area contributed by atoms with Crippen LogP contribution < -0.4 is 5.32 Å². The number of carboxylic acids is 1. The van der Waals surface area contributed by atoms with Crippen LogP contribution in [0.2, 0.25) is 0 Å². The number of aromatic amines is 1. The number of H-pyrrole nitrogens is 1. The van der Waals surface area contributed by atoms with Gasteiger partial charge < -0.3 is 15.4 Å². The number of aromatic nitrogens is 1. The monoisotopic (exact) mass is 264 g/mol. The van der Waals surface area contributed by atoms with Crippen molar-refractivity contribution in [3.63, 3.8) is 0 Å². The molecule has 2 rings (SSSR count). The van der Waals surface area contributed by atoms with E-state index in [1.807, 2.05) is 0 Å². The normalized spacial score (nSPS) is 12.3. The molecular weight excluding hydrogens is 251 g/mol. The summed E-state index contributed by atoms with van der Waals surface area (Å²) in [7, 11) is 0. The van der Waals surface area contributed by atoms with Gasteiger partial charge in [-0.05, 0) is 30.7 Å². The second-order valence-electron chi connectivity index (χ2n) is 4.19. The van der Waals surface area contributed by atoms with Crippen LogP contribution in [0, 0.1) is 5.82 Å². The maximum absolute atomic E-state index is 13.0. The summed E-state index contributed by atoms with van der Waals surface area (Å²) in [5.41, 5.74) is 0.829. The average Bonchev–Trinajstić information content (AvgIpc) is 2.78. The van der Waals surface area contributed by atoms with Gasteiger partial charge >= 0.3 is 5.97 Å². The van der Waals surface area contributed by atoms with Crippen molar-refractivity contribution < 1.29 is 19.1 Å². The van der Waals surface area contributed by atoms with Crippen LogP contribution in [0.1, 0.15) is 23.8 Å². The number of aliphatic carboxylic acids is 1. The molecule has 1 aromatic carbocycles. The number of carbonyl (C=O) groups is 2. The number of hydrogen-bond donors (Lipinski definition) is 3. The van der Waals surface area contributed by atoms with Crippen molar-refractivity contribution in [3.05, 3.63) is 35.8 Å². The Labute approximate surface area is 108 Å².